The van der Waals surface area contributed by atoms with Crippen LogP contribution in [-0.2, 0) is 0 Å². The van der Waals surface area contributed by atoms with Crippen LogP contribution < -0.4 is 5.32 Å². The van der Waals surface area contributed by atoms with Gasteiger partial charge in [-0.15, -0.1) is 0 Å². The second kappa shape index (κ2) is 5.92. The van der Waals surface area contributed by atoms with Crippen LogP contribution in [0.2, 0.25) is 0 Å². The predicted molar refractivity (Wildman–Crippen MR) is 78.8 cm³/mol. The number of carbonyl (C=O) groups is 1. The van der Waals surface area contributed by atoms with Crippen molar-refractivity contribution in [3.8, 4) is 5.75 Å². The minimum atomic E-state index is -0.596. The Hall–Kier alpha value is -2.07. The van der Waals surface area contributed by atoms with E-state index in [2.05, 4.69) is 5.32 Å². The largest absolute Gasteiger partial charge is 0.507 e. The molecule has 4 nitrogen and oxygen atoms in total. The number of rotatable bonds is 4. The SMILES string of the molecule is CC(C)C(O)CNC(=O)c1cc2ccccc2cc1O. The number of aliphatic hydroxyl groups is 1. The van der Waals surface area contributed by atoms with E-state index in [4.69, 9.17) is 0 Å². The number of hydrogen-bond acceptors (Lipinski definition) is 3. The molecule has 0 aromatic heterocycles. The van der Waals surface area contributed by atoms with Crippen LogP contribution >= 0.6 is 0 Å². The molecule has 0 fully saturated rings. The van der Waals surface area contributed by atoms with E-state index in [0.717, 1.165) is 10.8 Å². The molecule has 0 aliphatic heterocycles. The molecule has 106 valence electrons. The second-order valence-electron chi connectivity index (χ2n) is 5.24. The van der Waals surface area contributed by atoms with Crippen LogP contribution in [-0.4, -0.2) is 28.8 Å². The number of aromatic hydroxyl groups is 1. The summed E-state index contributed by atoms with van der Waals surface area (Å²) in [6.07, 6.45) is -0.596. The minimum Gasteiger partial charge on any atom is -0.507 e. The first-order valence-electron chi connectivity index (χ1n) is 6.67. The molecule has 0 saturated heterocycles. The van der Waals surface area contributed by atoms with Gasteiger partial charge in [-0.3, -0.25) is 4.79 Å². The number of phenols is 1. The van der Waals surface area contributed by atoms with Crippen LogP contribution in [0.15, 0.2) is 36.4 Å². The molecule has 0 bridgehead atoms. The van der Waals surface area contributed by atoms with Crippen LogP contribution in [0, 0.1) is 5.92 Å². The van der Waals surface area contributed by atoms with Gasteiger partial charge in [0.15, 0.2) is 0 Å². The monoisotopic (exact) mass is 273 g/mol. The Morgan fingerprint density at radius 1 is 1.20 bits per heavy atom. The third-order valence-electron chi connectivity index (χ3n) is 3.35. The van der Waals surface area contributed by atoms with Crippen LogP contribution in [0.5, 0.6) is 5.75 Å². The number of benzene rings is 2. The molecular weight excluding hydrogens is 254 g/mol. The zero-order chi connectivity index (χ0) is 14.7. The lowest BCUT2D eigenvalue weighted by molar-refractivity contribution is 0.0869. The Kier molecular flexibility index (Phi) is 4.25. The number of carbonyl (C=O) groups excluding carboxylic acids is 1. The highest BCUT2D eigenvalue weighted by molar-refractivity contribution is 6.01. The maximum atomic E-state index is 12.1. The van der Waals surface area contributed by atoms with E-state index in [9.17, 15) is 15.0 Å². The molecule has 0 saturated carbocycles. The lowest BCUT2D eigenvalue weighted by Gasteiger charge is -2.15. The van der Waals surface area contributed by atoms with Crippen molar-refractivity contribution in [1.29, 1.82) is 0 Å². The fourth-order valence-electron chi connectivity index (χ4n) is 1.94. The molecule has 2 aromatic rings. The predicted octanol–water partition coefficient (Wildman–Crippen LogP) is 2.29. The molecule has 2 rings (SSSR count). The molecular formula is C16H19NO3. The van der Waals surface area contributed by atoms with Gasteiger partial charge < -0.3 is 15.5 Å². The topological polar surface area (TPSA) is 69.6 Å². The van der Waals surface area contributed by atoms with Gasteiger partial charge in [-0.2, -0.15) is 0 Å². The highest BCUT2D eigenvalue weighted by atomic mass is 16.3. The molecule has 0 aliphatic carbocycles. The van der Waals surface area contributed by atoms with Gasteiger partial charge in [-0.05, 0) is 28.8 Å². The molecule has 0 spiro atoms. The smallest absolute Gasteiger partial charge is 0.255 e. The van der Waals surface area contributed by atoms with Crippen LogP contribution in [0.4, 0.5) is 0 Å². The van der Waals surface area contributed by atoms with Gasteiger partial charge in [0, 0.05) is 6.54 Å². The third-order valence-corrected chi connectivity index (χ3v) is 3.35. The number of amides is 1. The molecule has 1 unspecified atom stereocenters. The van der Waals surface area contributed by atoms with E-state index >= 15 is 0 Å². The summed E-state index contributed by atoms with van der Waals surface area (Å²) in [4.78, 5) is 12.1. The maximum Gasteiger partial charge on any atom is 0.255 e. The second-order valence-corrected chi connectivity index (χ2v) is 5.24. The quantitative estimate of drug-likeness (QED) is 0.800. The number of hydrogen-bond donors (Lipinski definition) is 3. The van der Waals surface area contributed by atoms with Crippen molar-refractivity contribution in [3.63, 3.8) is 0 Å². The molecule has 20 heavy (non-hydrogen) atoms. The summed E-state index contributed by atoms with van der Waals surface area (Å²) >= 11 is 0. The number of fused-ring (bicyclic) bond motifs is 1. The average molecular weight is 273 g/mol. The fourth-order valence-corrected chi connectivity index (χ4v) is 1.94. The van der Waals surface area contributed by atoms with Gasteiger partial charge in [0.1, 0.15) is 5.75 Å². The van der Waals surface area contributed by atoms with E-state index < -0.39 is 6.10 Å². The lowest BCUT2D eigenvalue weighted by Crippen LogP contribution is -2.34. The van der Waals surface area contributed by atoms with Crippen molar-refractivity contribution >= 4 is 16.7 Å². The summed E-state index contributed by atoms with van der Waals surface area (Å²) in [6, 6.07) is 10.7. The van der Waals surface area contributed by atoms with E-state index in [1.807, 2.05) is 38.1 Å². The highest BCUT2D eigenvalue weighted by Crippen LogP contribution is 2.24. The third kappa shape index (κ3) is 3.08. The van der Waals surface area contributed by atoms with E-state index in [1.54, 1.807) is 12.1 Å². The number of nitrogens with one attached hydrogen (secondary N) is 1. The van der Waals surface area contributed by atoms with Crippen molar-refractivity contribution < 1.29 is 15.0 Å². The molecule has 1 atom stereocenters. The summed E-state index contributed by atoms with van der Waals surface area (Å²) < 4.78 is 0. The molecule has 0 aliphatic rings. The lowest BCUT2D eigenvalue weighted by atomic mass is 10.0. The summed E-state index contributed by atoms with van der Waals surface area (Å²) in [7, 11) is 0. The van der Waals surface area contributed by atoms with Crippen molar-refractivity contribution in [3.05, 3.63) is 42.0 Å². The Bertz CT molecular complexity index is 622. The maximum absolute atomic E-state index is 12.1. The van der Waals surface area contributed by atoms with Gasteiger partial charge in [-0.1, -0.05) is 38.1 Å². The van der Waals surface area contributed by atoms with Crippen molar-refractivity contribution in [2.75, 3.05) is 6.54 Å². The minimum absolute atomic E-state index is 0.0553. The summed E-state index contributed by atoms with van der Waals surface area (Å²) in [5, 5.41) is 24.0. The van der Waals surface area contributed by atoms with Gasteiger partial charge in [0.05, 0.1) is 11.7 Å². The molecule has 0 heterocycles. The fraction of sp³-hybridized carbons (Fsp3) is 0.312. The normalized spacial score (nSPS) is 12.6. The van der Waals surface area contributed by atoms with Crippen molar-refractivity contribution in [1.82, 2.24) is 5.32 Å². The van der Waals surface area contributed by atoms with Crippen LogP contribution in [0.1, 0.15) is 24.2 Å². The highest BCUT2D eigenvalue weighted by Gasteiger charge is 2.15. The van der Waals surface area contributed by atoms with Crippen LogP contribution in [0.3, 0.4) is 0 Å². The van der Waals surface area contributed by atoms with Crippen molar-refractivity contribution in [2.45, 2.75) is 20.0 Å². The Labute approximate surface area is 118 Å². The first kappa shape index (κ1) is 14.3. The van der Waals surface area contributed by atoms with Gasteiger partial charge >= 0.3 is 0 Å². The summed E-state index contributed by atoms with van der Waals surface area (Å²) in [5.74, 6) is -0.367. The van der Waals surface area contributed by atoms with Gasteiger partial charge in [0.25, 0.3) is 5.91 Å². The Morgan fingerprint density at radius 3 is 2.40 bits per heavy atom. The molecule has 4 heteroatoms. The van der Waals surface area contributed by atoms with E-state index in [1.165, 1.54) is 0 Å². The standard InChI is InChI=1S/C16H19NO3/c1-10(2)15(19)9-17-16(20)13-7-11-5-3-4-6-12(11)8-14(13)18/h3-8,10,15,18-19H,9H2,1-2H3,(H,17,20). The zero-order valence-electron chi connectivity index (χ0n) is 11.6. The molecule has 1 amide bonds. The molecule has 2 aromatic carbocycles. The Morgan fingerprint density at radius 2 is 1.80 bits per heavy atom. The zero-order valence-corrected chi connectivity index (χ0v) is 11.6. The van der Waals surface area contributed by atoms with Gasteiger partial charge in [-0.25, -0.2) is 0 Å². The van der Waals surface area contributed by atoms with E-state index in [0.29, 0.717) is 0 Å². The summed E-state index contributed by atoms with van der Waals surface area (Å²) in [6.45, 7) is 3.93. The summed E-state index contributed by atoms with van der Waals surface area (Å²) in [5.41, 5.74) is 0.222. The van der Waals surface area contributed by atoms with E-state index in [-0.39, 0.29) is 29.7 Å². The number of phenolic OH excluding ortho intramolecular Hbond substituents is 1. The molecule has 3 N–H and O–H groups in total. The number of aliphatic hydroxyl groups excluding tert-OH is 1. The first-order chi connectivity index (χ1) is 9.49. The van der Waals surface area contributed by atoms with Gasteiger partial charge in [0.2, 0.25) is 0 Å². The van der Waals surface area contributed by atoms with Crippen molar-refractivity contribution in [2.24, 2.45) is 5.92 Å². The first-order valence-corrected chi connectivity index (χ1v) is 6.67. The molecule has 0 radical (unpaired) electrons. The Balaban J connectivity index is 2.19. The van der Waals surface area contributed by atoms with Crippen LogP contribution in [0.25, 0.3) is 10.8 Å². The average Bonchev–Trinajstić information content (AvgIpc) is 2.43.